The van der Waals surface area contributed by atoms with Crippen molar-refractivity contribution in [2.45, 2.75) is 38.1 Å². The SMILES string of the molecule is NCC(Nc1cccc2cc(Br)cnc12)C1CCCCC1. The van der Waals surface area contributed by atoms with E-state index in [0.29, 0.717) is 18.5 Å². The molecule has 0 saturated heterocycles. The van der Waals surface area contributed by atoms with Crippen LogP contribution in [0.1, 0.15) is 32.1 Å². The van der Waals surface area contributed by atoms with Crippen molar-refractivity contribution in [2.75, 3.05) is 11.9 Å². The fourth-order valence-corrected chi connectivity index (χ4v) is 3.70. The summed E-state index contributed by atoms with van der Waals surface area (Å²) in [6, 6.07) is 8.73. The van der Waals surface area contributed by atoms with E-state index in [1.54, 1.807) is 0 Å². The third-order valence-electron chi connectivity index (χ3n) is 4.49. The van der Waals surface area contributed by atoms with Gasteiger partial charge in [0.15, 0.2) is 0 Å². The van der Waals surface area contributed by atoms with Gasteiger partial charge in [0.25, 0.3) is 0 Å². The Bertz CT molecular complexity index is 608. The first kappa shape index (κ1) is 14.8. The maximum Gasteiger partial charge on any atom is 0.0934 e. The molecule has 1 aliphatic carbocycles. The van der Waals surface area contributed by atoms with Crippen molar-refractivity contribution in [3.8, 4) is 0 Å². The highest BCUT2D eigenvalue weighted by Crippen LogP contribution is 2.30. The lowest BCUT2D eigenvalue weighted by Crippen LogP contribution is -2.37. The molecule has 112 valence electrons. The Hall–Kier alpha value is -1.13. The number of pyridine rings is 1. The second-order valence-corrected chi connectivity index (χ2v) is 6.83. The molecule has 3 N–H and O–H groups in total. The first-order chi connectivity index (χ1) is 10.3. The Kier molecular flexibility index (Phi) is 4.76. The van der Waals surface area contributed by atoms with E-state index in [-0.39, 0.29) is 0 Å². The molecule has 1 saturated carbocycles. The van der Waals surface area contributed by atoms with Gasteiger partial charge in [0, 0.05) is 28.6 Å². The molecule has 0 radical (unpaired) electrons. The van der Waals surface area contributed by atoms with Gasteiger partial charge >= 0.3 is 0 Å². The Morgan fingerprint density at radius 2 is 2.10 bits per heavy atom. The van der Waals surface area contributed by atoms with E-state index in [9.17, 15) is 0 Å². The van der Waals surface area contributed by atoms with Crippen molar-refractivity contribution in [1.82, 2.24) is 4.98 Å². The third-order valence-corrected chi connectivity index (χ3v) is 4.92. The maximum atomic E-state index is 6.03. The highest BCUT2D eigenvalue weighted by Gasteiger charge is 2.23. The molecule has 1 unspecified atom stereocenters. The number of hydrogen-bond acceptors (Lipinski definition) is 3. The standard InChI is InChI=1S/C17H22BrN3/c18-14-9-13-7-4-8-15(17(13)20-11-14)21-16(10-19)12-5-2-1-3-6-12/h4,7-9,11-12,16,21H,1-3,5-6,10,19H2. The van der Waals surface area contributed by atoms with Gasteiger partial charge in [-0.3, -0.25) is 4.98 Å². The second-order valence-electron chi connectivity index (χ2n) is 5.92. The molecular weight excluding hydrogens is 326 g/mol. The van der Waals surface area contributed by atoms with Gasteiger partial charge in [-0.1, -0.05) is 31.4 Å². The lowest BCUT2D eigenvalue weighted by atomic mass is 9.84. The van der Waals surface area contributed by atoms with Crippen molar-refractivity contribution in [1.29, 1.82) is 0 Å². The van der Waals surface area contributed by atoms with Crippen LogP contribution in [-0.4, -0.2) is 17.6 Å². The first-order valence-electron chi connectivity index (χ1n) is 7.79. The Balaban J connectivity index is 1.85. The number of nitrogens with one attached hydrogen (secondary N) is 1. The summed E-state index contributed by atoms with van der Waals surface area (Å²) in [6.45, 7) is 0.678. The summed E-state index contributed by atoms with van der Waals surface area (Å²) in [6.07, 6.45) is 8.48. The number of aromatic nitrogens is 1. The first-order valence-corrected chi connectivity index (χ1v) is 8.58. The minimum atomic E-state index is 0.348. The van der Waals surface area contributed by atoms with Gasteiger partial charge in [-0.15, -0.1) is 0 Å². The van der Waals surface area contributed by atoms with E-state index in [1.165, 1.54) is 32.1 Å². The number of benzene rings is 1. The zero-order chi connectivity index (χ0) is 14.7. The lowest BCUT2D eigenvalue weighted by molar-refractivity contribution is 0.320. The molecule has 3 nitrogen and oxygen atoms in total. The Labute approximate surface area is 134 Å². The quantitative estimate of drug-likeness (QED) is 0.865. The van der Waals surface area contributed by atoms with Gasteiger partial charge in [-0.05, 0) is 46.8 Å². The molecular formula is C17H22BrN3. The largest absolute Gasteiger partial charge is 0.379 e. The van der Waals surface area contributed by atoms with Gasteiger partial charge in [0.1, 0.15) is 0 Å². The van der Waals surface area contributed by atoms with E-state index in [2.05, 4.69) is 50.5 Å². The molecule has 0 aliphatic heterocycles. The van der Waals surface area contributed by atoms with Crippen LogP contribution in [-0.2, 0) is 0 Å². The molecule has 1 aromatic carbocycles. The van der Waals surface area contributed by atoms with Gasteiger partial charge < -0.3 is 11.1 Å². The lowest BCUT2D eigenvalue weighted by Gasteiger charge is -2.31. The number of halogens is 1. The van der Waals surface area contributed by atoms with Crippen LogP contribution in [0.15, 0.2) is 34.9 Å². The predicted octanol–water partition coefficient (Wildman–Crippen LogP) is 4.32. The van der Waals surface area contributed by atoms with E-state index in [0.717, 1.165) is 21.1 Å². The number of hydrogen-bond donors (Lipinski definition) is 2. The Morgan fingerprint density at radius 3 is 2.86 bits per heavy atom. The van der Waals surface area contributed by atoms with Crippen molar-refractivity contribution >= 4 is 32.5 Å². The summed E-state index contributed by atoms with van der Waals surface area (Å²) in [7, 11) is 0. The fraction of sp³-hybridized carbons (Fsp3) is 0.471. The number of nitrogens with zero attached hydrogens (tertiary/aromatic N) is 1. The summed E-state index contributed by atoms with van der Waals surface area (Å²) in [4.78, 5) is 4.56. The van der Waals surface area contributed by atoms with Crippen molar-refractivity contribution in [3.05, 3.63) is 34.9 Å². The third kappa shape index (κ3) is 3.38. The van der Waals surface area contributed by atoms with Crippen LogP contribution in [0.3, 0.4) is 0 Å². The van der Waals surface area contributed by atoms with Gasteiger partial charge in [-0.25, -0.2) is 0 Å². The van der Waals surface area contributed by atoms with Crippen LogP contribution in [0.25, 0.3) is 10.9 Å². The van der Waals surface area contributed by atoms with Crippen LogP contribution in [0.2, 0.25) is 0 Å². The molecule has 1 heterocycles. The molecule has 1 aromatic heterocycles. The minimum Gasteiger partial charge on any atom is -0.379 e. The van der Waals surface area contributed by atoms with E-state index in [1.807, 2.05) is 6.20 Å². The summed E-state index contributed by atoms with van der Waals surface area (Å²) >= 11 is 3.48. The number of nitrogens with two attached hydrogens (primary N) is 1. The Morgan fingerprint density at radius 1 is 1.29 bits per heavy atom. The molecule has 4 heteroatoms. The normalized spacial score (nSPS) is 17.8. The van der Waals surface area contributed by atoms with Gasteiger partial charge in [0.05, 0.1) is 11.2 Å². The van der Waals surface area contributed by atoms with Crippen LogP contribution in [0.4, 0.5) is 5.69 Å². The molecule has 21 heavy (non-hydrogen) atoms. The van der Waals surface area contributed by atoms with Crippen molar-refractivity contribution in [2.24, 2.45) is 11.7 Å². The number of rotatable bonds is 4. The fourth-order valence-electron chi connectivity index (χ4n) is 3.36. The number of anilines is 1. The van der Waals surface area contributed by atoms with Crippen molar-refractivity contribution in [3.63, 3.8) is 0 Å². The minimum absolute atomic E-state index is 0.348. The molecule has 0 amide bonds. The average molecular weight is 348 g/mol. The zero-order valence-corrected chi connectivity index (χ0v) is 13.8. The molecule has 1 atom stereocenters. The number of para-hydroxylation sites is 1. The summed E-state index contributed by atoms with van der Waals surface area (Å²) in [5.74, 6) is 0.689. The molecule has 3 rings (SSSR count). The molecule has 2 aromatic rings. The van der Waals surface area contributed by atoms with Crippen LogP contribution >= 0.6 is 15.9 Å². The molecule has 0 spiro atoms. The van der Waals surface area contributed by atoms with E-state index in [4.69, 9.17) is 5.73 Å². The number of fused-ring (bicyclic) bond motifs is 1. The molecule has 1 aliphatic rings. The topological polar surface area (TPSA) is 50.9 Å². The molecule has 0 bridgehead atoms. The summed E-state index contributed by atoms with van der Waals surface area (Å²) < 4.78 is 1.01. The monoisotopic (exact) mass is 347 g/mol. The van der Waals surface area contributed by atoms with Crippen LogP contribution < -0.4 is 11.1 Å². The second kappa shape index (κ2) is 6.75. The summed E-state index contributed by atoms with van der Waals surface area (Å²) in [5.41, 5.74) is 8.15. The highest BCUT2D eigenvalue weighted by atomic mass is 79.9. The summed E-state index contributed by atoms with van der Waals surface area (Å²) in [5, 5.41) is 4.81. The van der Waals surface area contributed by atoms with Crippen molar-refractivity contribution < 1.29 is 0 Å². The van der Waals surface area contributed by atoms with Crippen LogP contribution in [0, 0.1) is 5.92 Å². The van der Waals surface area contributed by atoms with E-state index >= 15 is 0 Å². The molecule has 1 fully saturated rings. The van der Waals surface area contributed by atoms with Gasteiger partial charge in [0.2, 0.25) is 0 Å². The van der Waals surface area contributed by atoms with Gasteiger partial charge in [-0.2, -0.15) is 0 Å². The maximum absolute atomic E-state index is 6.03. The predicted molar refractivity (Wildman–Crippen MR) is 92.5 cm³/mol. The average Bonchev–Trinajstić information content (AvgIpc) is 2.53. The van der Waals surface area contributed by atoms with Crippen LogP contribution in [0.5, 0.6) is 0 Å². The smallest absolute Gasteiger partial charge is 0.0934 e. The van der Waals surface area contributed by atoms with E-state index < -0.39 is 0 Å². The highest BCUT2D eigenvalue weighted by molar-refractivity contribution is 9.10. The zero-order valence-electron chi connectivity index (χ0n) is 12.2.